The predicted octanol–water partition coefficient (Wildman–Crippen LogP) is 2.06. The molecule has 31 heavy (non-hydrogen) atoms. The molecule has 2 fully saturated rings. The predicted molar refractivity (Wildman–Crippen MR) is 111 cm³/mol. The highest BCUT2D eigenvalue weighted by atomic mass is 32.2. The van der Waals surface area contributed by atoms with E-state index in [-0.39, 0.29) is 30.8 Å². The lowest BCUT2D eigenvalue weighted by Crippen LogP contribution is -2.59. The lowest BCUT2D eigenvalue weighted by atomic mass is 10.1. The minimum Gasteiger partial charge on any atom is -0.472 e. The van der Waals surface area contributed by atoms with Crippen LogP contribution in [0.1, 0.15) is 27.7 Å². The van der Waals surface area contributed by atoms with Gasteiger partial charge in [-0.05, 0) is 27.7 Å². The SMILES string of the molecule is C[C@@H]1COCCN1c1cc(OC(C)(C)C)nc(N2CCN([SH](=O)=O)CC2C(F)(F)F)c1. The minimum absolute atomic E-state index is 0.0335. The van der Waals surface area contributed by atoms with Crippen LogP contribution in [0.5, 0.6) is 5.88 Å². The van der Waals surface area contributed by atoms with E-state index in [0.717, 1.165) is 9.21 Å². The van der Waals surface area contributed by atoms with Crippen molar-refractivity contribution in [2.75, 3.05) is 49.2 Å². The van der Waals surface area contributed by atoms with Crippen molar-refractivity contribution in [3.63, 3.8) is 0 Å². The Morgan fingerprint density at radius 3 is 2.42 bits per heavy atom. The van der Waals surface area contributed by atoms with Gasteiger partial charge in [0.25, 0.3) is 0 Å². The van der Waals surface area contributed by atoms with Gasteiger partial charge in [-0.1, -0.05) is 0 Å². The van der Waals surface area contributed by atoms with Gasteiger partial charge in [0, 0.05) is 50.0 Å². The Balaban J connectivity index is 2.03. The highest BCUT2D eigenvalue weighted by molar-refractivity contribution is 7.69. The molecule has 0 aliphatic carbocycles. The number of piperazine rings is 1. The van der Waals surface area contributed by atoms with Gasteiger partial charge in [0.05, 0.1) is 13.2 Å². The molecule has 0 saturated carbocycles. The molecule has 2 saturated heterocycles. The summed E-state index contributed by atoms with van der Waals surface area (Å²) < 4.78 is 76.4. The zero-order chi connectivity index (χ0) is 23.0. The van der Waals surface area contributed by atoms with Gasteiger partial charge >= 0.3 is 6.18 Å². The summed E-state index contributed by atoms with van der Waals surface area (Å²) in [5.41, 5.74) is 0.0982. The summed E-state index contributed by atoms with van der Waals surface area (Å²) in [6.45, 7) is 8.25. The quantitative estimate of drug-likeness (QED) is 0.681. The molecule has 2 atom stereocenters. The van der Waals surface area contributed by atoms with Crippen molar-refractivity contribution in [1.29, 1.82) is 0 Å². The van der Waals surface area contributed by atoms with Gasteiger partial charge in [0.2, 0.25) is 16.8 Å². The van der Waals surface area contributed by atoms with Crippen molar-refractivity contribution < 1.29 is 31.1 Å². The summed E-state index contributed by atoms with van der Waals surface area (Å²) >= 11 is 0. The summed E-state index contributed by atoms with van der Waals surface area (Å²) in [4.78, 5) is 7.55. The molecule has 1 unspecified atom stereocenters. The Kier molecular flexibility index (Phi) is 6.92. The molecule has 0 bridgehead atoms. The lowest BCUT2D eigenvalue weighted by Gasteiger charge is -2.41. The molecule has 176 valence electrons. The first-order chi connectivity index (χ1) is 14.3. The van der Waals surface area contributed by atoms with Crippen LogP contribution in [0.2, 0.25) is 0 Å². The van der Waals surface area contributed by atoms with E-state index in [9.17, 15) is 21.6 Å². The molecule has 1 aromatic rings. The first-order valence-electron chi connectivity index (χ1n) is 10.1. The van der Waals surface area contributed by atoms with Crippen LogP contribution < -0.4 is 14.5 Å². The Bertz CT molecular complexity index is 852. The van der Waals surface area contributed by atoms with Crippen molar-refractivity contribution in [2.45, 2.75) is 51.6 Å². The number of ether oxygens (including phenoxy) is 2. The molecule has 0 aromatic carbocycles. The number of aromatic nitrogens is 1. The van der Waals surface area contributed by atoms with Crippen molar-refractivity contribution in [2.24, 2.45) is 0 Å². The Hall–Kier alpha value is -1.79. The summed E-state index contributed by atoms with van der Waals surface area (Å²) in [5, 5.41) is 0. The van der Waals surface area contributed by atoms with Crippen LogP contribution in [-0.2, 0) is 15.6 Å². The van der Waals surface area contributed by atoms with Crippen LogP contribution in [0.3, 0.4) is 0 Å². The Morgan fingerprint density at radius 2 is 1.84 bits per heavy atom. The molecule has 0 N–H and O–H groups in total. The summed E-state index contributed by atoms with van der Waals surface area (Å²) in [6, 6.07) is 1.38. The molecule has 0 spiro atoms. The van der Waals surface area contributed by atoms with E-state index in [0.29, 0.717) is 25.4 Å². The number of anilines is 2. The van der Waals surface area contributed by atoms with Crippen molar-refractivity contribution in [3.8, 4) is 5.88 Å². The van der Waals surface area contributed by atoms with Crippen molar-refractivity contribution >= 4 is 22.4 Å². The molecule has 3 heterocycles. The van der Waals surface area contributed by atoms with Gasteiger partial charge in [-0.3, -0.25) is 0 Å². The zero-order valence-corrected chi connectivity index (χ0v) is 18.9. The molecule has 1 aromatic heterocycles. The van der Waals surface area contributed by atoms with E-state index in [1.54, 1.807) is 12.1 Å². The molecule has 2 aliphatic heterocycles. The largest absolute Gasteiger partial charge is 0.472 e. The number of hydrogen-bond acceptors (Lipinski definition) is 7. The molecular formula is C19H29F3N4O4S. The first kappa shape index (κ1) is 23.9. The van der Waals surface area contributed by atoms with Gasteiger partial charge in [-0.15, -0.1) is 0 Å². The second kappa shape index (κ2) is 8.99. The molecular weight excluding hydrogens is 437 g/mol. The van der Waals surface area contributed by atoms with E-state index >= 15 is 0 Å². The summed E-state index contributed by atoms with van der Waals surface area (Å²) in [6.07, 6.45) is -4.63. The van der Waals surface area contributed by atoms with Crippen LogP contribution in [0.15, 0.2) is 12.1 Å². The van der Waals surface area contributed by atoms with E-state index in [1.807, 2.05) is 27.7 Å². The maximum Gasteiger partial charge on any atom is 0.410 e. The summed E-state index contributed by atoms with van der Waals surface area (Å²) in [7, 11) is -3.09. The van der Waals surface area contributed by atoms with Gasteiger partial charge in [0.1, 0.15) is 17.5 Å². The molecule has 8 nitrogen and oxygen atoms in total. The van der Waals surface area contributed by atoms with Crippen LogP contribution >= 0.6 is 0 Å². The fourth-order valence-electron chi connectivity index (χ4n) is 3.74. The topological polar surface area (TPSA) is 75.2 Å². The fraction of sp³-hybridized carbons (Fsp3) is 0.737. The Morgan fingerprint density at radius 1 is 1.13 bits per heavy atom. The van der Waals surface area contributed by atoms with E-state index in [2.05, 4.69) is 9.88 Å². The molecule has 2 aliphatic rings. The number of morpholine rings is 1. The second-order valence-corrected chi connectivity index (χ2v) is 9.80. The van der Waals surface area contributed by atoms with Gasteiger partial charge in [-0.2, -0.15) is 18.2 Å². The number of hydrogen-bond donors (Lipinski definition) is 1. The third-order valence-electron chi connectivity index (χ3n) is 5.15. The first-order valence-corrected chi connectivity index (χ1v) is 11.3. The van der Waals surface area contributed by atoms with E-state index in [4.69, 9.17) is 9.47 Å². The van der Waals surface area contributed by atoms with Crippen LogP contribution in [0.4, 0.5) is 24.7 Å². The van der Waals surface area contributed by atoms with Crippen LogP contribution in [-0.4, -0.2) is 81.0 Å². The summed E-state index contributed by atoms with van der Waals surface area (Å²) in [5.74, 6) is 0.329. The number of rotatable bonds is 4. The third kappa shape index (κ3) is 5.92. The van der Waals surface area contributed by atoms with Crippen LogP contribution in [0.25, 0.3) is 0 Å². The molecule has 3 rings (SSSR count). The van der Waals surface area contributed by atoms with E-state index in [1.165, 1.54) is 0 Å². The third-order valence-corrected chi connectivity index (χ3v) is 5.97. The van der Waals surface area contributed by atoms with Gasteiger partial charge in [0.15, 0.2) is 0 Å². The highest BCUT2D eigenvalue weighted by Crippen LogP contribution is 2.35. The zero-order valence-electron chi connectivity index (χ0n) is 18.1. The molecule has 12 heteroatoms. The van der Waals surface area contributed by atoms with Crippen molar-refractivity contribution in [1.82, 2.24) is 9.29 Å². The maximum absolute atomic E-state index is 13.9. The number of nitrogens with zero attached hydrogens (tertiary/aromatic N) is 4. The van der Waals surface area contributed by atoms with Crippen LogP contribution in [0, 0.1) is 0 Å². The number of alkyl halides is 3. The van der Waals surface area contributed by atoms with E-state index < -0.39 is 35.3 Å². The highest BCUT2D eigenvalue weighted by Gasteiger charge is 2.47. The Labute approximate surface area is 182 Å². The molecule has 0 radical (unpaired) electrons. The maximum atomic E-state index is 13.9. The monoisotopic (exact) mass is 466 g/mol. The number of halogens is 3. The average molecular weight is 467 g/mol. The standard InChI is InChI=1S/C19H29F3N4O4S/c1-13-12-29-8-7-25(13)14-9-16(23-17(10-14)30-18(2,3)4)26-6-5-24(31(27)28)11-15(26)19(20,21)22/h9-10,13,15,31H,5-8,11-12H2,1-4H3/t13-,15?/m1/s1. The molecule has 0 amide bonds. The number of thiol groups is 1. The normalized spacial score (nSPS) is 24.0. The van der Waals surface area contributed by atoms with Crippen molar-refractivity contribution in [3.05, 3.63) is 12.1 Å². The fourth-order valence-corrected chi connectivity index (χ4v) is 4.28. The van der Waals surface area contributed by atoms with Gasteiger partial charge in [-0.25, -0.2) is 12.7 Å². The average Bonchev–Trinajstić information content (AvgIpc) is 2.65. The smallest absolute Gasteiger partial charge is 0.410 e. The van der Waals surface area contributed by atoms with Gasteiger partial charge < -0.3 is 19.3 Å². The lowest BCUT2D eigenvalue weighted by molar-refractivity contribution is -0.153. The number of pyridine rings is 1. The second-order valence-electron chi connectivity index (χ2n) is 8.75. The minimum atomic E-state index is -4.63.